The largest absolute Gasteiger partial charge is 0.480 e. The number of hydrogen-bond acceptors (Lipinski definition) is 4. The van der Waals surface area contributed by atoms with Crippen LogP contribution in [0.4, 0.5) is 9.93 Å². The van der Waals surface area contributed by atoms with Crippen molar-refractivity contribution in [2.45, 2.75) is 26.3 Å². The van der Waals surface area contributed by atoms with Crippen LogP contribution in [0.1, 0.15) is 20.3 Å². The lowest BCUT2D eigenvalue weighted by atomic mass is 10.0. The first kappa shape index (κ1) is 13.4. The van der Waals surface area contributed by atoms with E-state index in [9.17, 15) is 9.59 Å². The lowest BCUT2D eigenvalue weighted by Crippen LogP contribution is -2.43. The van der Waals surface area contributed by atoms with Crippen molar-refractivity contribution >= 4 is 28.5 Å². The Bertz CT molecular complexity index is 378. The monoisotopic (exact) mass is 257 g/mol. The van der Waals surface area contributed by atoms with E-state index in [1.807, 2.05) is 13.8 Å². The molecule has 0 unspecified atom stereocenters. The van der Waals surface area contributed by atoms with Gasteiger partial charge in [0.2, 0.25) is 0 Å². The molecule has 0 aliphatic carbocycles. The quantitative estimate of drug-likeness (QED) is 0.749. The summed E-state index contributed by atoms with van der Waals surface area (Å²) >= 11 is 1.27. The average Bonchev–Trinajstić information content (AvgIpc) is 2.68. The molecule has 17 heavy (non-hydrogen) atoms. The maximum Gasteiger partial charge on any atom is 0.326 e. The van der Waals surface area contributed by atoms with Crippen molar-refractivity contribution in [1.82, 2.24) is 10.3 Å². The van der Waals surface area contributed by atoms with E-state index in [0.29, 0.717) is 11.6 Å². The van der Waals surface area contributed by atoms with Gasteiger partial charge in [0.15, 0.2) is 5.13 Å². The second kappa shape index (κ2) is 6.19. The van der Waals surface area contributed by atoms with Crippen molar-refractivity contribution in [3.63, 3.8) is 0 Å². The van der Waals surface area contributed by atoms with Crippen LogP contribution in [0.3, 0.4) is 0 Å². The predicted molar refractivity (Wildman–Crippen MR) is 65.1 cm³/mol. The number of amides is 2. The van der Waals surface area contributed by atoms with Gasteiger partial charge in [-0.3, -0.25) is 5.32 Å². The smallest absolute Gasteiger partial charge is 0.326 e. The van der Waals surface area contributed by atoms with Crippen molar-refractivity contribution < 1.29 is 14.7 Å². The Labute approximate surface area is 103 Å². The van der Waals surface area contributed by atoms with Crippen LogP contribution in [0.15, 0.2) is 11.6 Å². The maximum absolute atomic E-state index is 11.5. The summed E-state index contributed by atoms with van der Waals surface area (Å²) in [4.78, 5) is 26.3. The number of aliphatic carboxylic acids is 1. The van der Waals surface area contributed by atoms with E-state index in [4.69, 9.17) is 5.11 Å². The number of carboxylic acids is 1. The number of carboxylic acid groups (broad SMARTS) is 1. The molecule has 6 nitrogen and oxygen atoms in total. The van der Waals surface area contributed by atoms with Crippen LogP contribution in [0.2, 0.25) is 0 Å². The van der Waals surface area contributed by atoms with Crippen LogP contribution in [0, 0.1) is 5.92 Å². The van der Waals surface area contributed by atoms with Gasteiger partial charge in [-0.2, -0.15) is 0 Å². The number of nitrogens with one attached hydrogen (secondary N) is 2. The number of carbonyl (C=O) groups excluding carboxylic acids is 1. The van der Waals surface area contributed by atoms with Gasteiger partial charge in [0.1, 0.15) is 6.04 Å². The molecule has 3 N–H and O–H groups in total. The van der Waals surface area contributed by atoms with Crippen molar-refractivity contribution in [1.29, 1.82) is 0 Å². The average molecular weight is 257 g/mol. The molecule has 7 heteroatoms. The molecule has 1 heterocycles. The zero-order chi connectivity index (χ0) is 12.8. The third kappa shape index (κ3) is 4.81. The maximum atomic E-state index is 11.5. The van der Waals surface area contributed by atoms with E-state index < -0.39 is 18.0 Å². The highest BCUT2D eigenvalue weighted by molar-refractivity contribution is 7.13. The van der Waals surface area contributed by atoms with E-state index in [2.05, 4.69) is 15.6 Å². The SMILES string of the molecule is CC(C)C[C@H](NC(=O)Nc1nccs1)C(=O)O. The Morgan fingerprint density at radius 2 is 2.24 bits per heavy atom. The molecule has 0 aromatic carbocycles. The molecule has 0 fully saturated rings. The van der Waals surface area contributed by atoms with Gasteiger partial charge in [-0.15, -0.1) is 11.3 Å². The Morgan fingerprint density at radius 1 is 1.53 bits per heavy atom. The van der Waals surface area contributed by atoms with Crippen LogP contribution < -0.4 is 10.6 Å². The molecule has 1 rings (SSSR count). The standard InChI is InChI=1S/C10H15N3O3S/c1-6(2)5-7(8(14)15)12-9(16)13-10-11-3-4-17-10/h3-4,6-7H,5H2,1-2H3,(H,14,15)(H2,11,12,13,16)/t7-/m0/s1. The Morgan fingerprint density at radius 3 is 2.71 bits per heavy atom. The minimum atomic E-state index is -1.03. The molecule has 0 aliphatic rings. The number of rotatable bonds is 5. The van der Waals surface area contributed by atoms with E-state index in [-0.39, 0.29) is 5.92 Å². The van der Waals surface area contributed by atoms with Gasteiger partial charge in [-0.25, -0.2) is 14.6 Å². The summed E-state index contributed by atoms with van der Waals surface area (Å²) in [7, 11) is 0. The predicted octanol–water partition coefficient (Wildman–Crippen LogP) is 1.76. The minimum absolute atomic E-state index is 0.191. The first-order valence-corrected chi connectivity index (χ1v) is 6.07. The zero-order valence-electron chi connectivity index (χ0n) is 9.64. The summed E-state index contributed by atoms with van der Waals surface area (Å²) in [6, 6.07) is -1.43. The van der Waals surface area contributed by atoms with Gasteiger partial charge in [-0.1, -0.05) is 13.8 Å². The number of nitrogens with zero attached hydrogens (tertiary/aromatic N) is 1. The summed E-state index contributed by atoms with van der Waals surface area (Å²) in [5, 5.41) is 16.0. The number of aromatic nitrogens is 1. The van der Waals surface area contributed by atoms with Crippen molar-refractivity contribution in [2.24, 2.45) is 5.92 Å². The number of hydrogen-bond donors (Lipinski definition) is 3. The molecule has 0 spiro atoms. The summed E-state index contributed by atoms with van der Waals surface area (Å²) in [5.74, 6) is -0.843. The van der Waals surface area contributed by atoms with Crippen molar-refractivity contribution in [2.75, 3.05) is 5.32 Å². The Hall–Kier alpha value is -1.63. The van der Waals surface area contributed by atoms with Crippen LogP contribution in [-0.4, -0.2) is 28.1 Å². The fourth-order valence-electron chi connectivity index (χ4n) is 1.27. The Kier molecular flexibility index (Phi) is 4.89. The summed E-state index contributed by atoms with van der Waals surface area (Å²) in [6.45, 7) is 3.80. The number of thiazole rings is 1. The van der Waals surface area contributed by atoms with Gasteiger partial charge in [0, 0.05) is 11.6 Å². The normalized spacial score (nSPS) is 12.2. The van der Waals surface area contributed by atoms with Gasteiger partial charge < -0.3 is 10.4 Å². The molecular formula is C10H15N3O3S. The zero-order valence-corrected chi connectivity index (χ0v) is 10.5. The van der Waals surface area contributed by atoms with Crippen molar-refractivity contribution in [3.05, 3.63) is 11.6 Å². The van der Waals surface area contributed by atoms with Crippen LogP contribution in [-0.2, 0) is 4.79 Å². The van der Waals surface area contributed by atoms with E-state index >= 15 is 0 Å². The lowest BCUT2D eigenvalue weighted by Gasteiger charge is -2.16. The highest BCUT2D eigenvalue weighted by Crippen LogP contribution is 2.10. The molecular weight excluding hydrogens is 242 g/mol. The highest BCUT2D eigenvalue weighted by Gasteiger charge is 2.21. The highest BCUT2D eigenvalue weighted by atomic mass is 32.1. The van der Waals surface area contributed by atoms with E-state index in [0.717, 1.165) is 0 Å². The van der Waals surface area contributed by atoms with E-state index in [1.165, 1.54) is 11.3 Å². The minimum Gasteiger partial charge on any atom is -0.480 e. The summed E-state index contributed by atoms with van der Waals surface area (Å²) in [5.41, 5.74) is 0. The molecule has 0 aliphatic heterocycles. The molecule has 0 radical (unpaired) electrons. The molecule has 1 aromatic rings. The third-order valence-electron chi connectivity index (χ3n) is 1.96. The second-order valence-electron chi connectivity index (χ2n) is 3.96. The fraction of sp³-hybridized carbons (Fsp3) is 0.500. The second-order valence-corrected chi connectivity index (χ2v) is 4.85. The molecule has 1 aromatic heterocycles. The summed E-state index contributed by atoms with van der Waals surface area (Å²) < 4.78 is 0. The topological polar surface area (TPSA) is 91.3 Å². The molecule has 0 saturated heterocycles. The van der Waals surface area contributed by atoms with Gasteiger partial charge in [0.05, 0.1) is 0 Å². The fourth-order valence-corrected chi connectivity index (χ4v) is 1.79. The molecule has 0 bridgehead atoms. The van der Waals surface area contributed by atoms with Crippen LogP contribution in [0.5, 0.6) is 0 Å². The van der Waals surface area contributed by atoms with Crippen molar-refractivity contribution in [3.8, 4) is 0 Å². The number of anilines is 1. The lowest BCUT2D eigenvalue weighted by molar-refractivity contribution is -0.139. The Balaban J connectivity index is 2.49. The molecule has 1 atom stereocenters. The third-order valence-corrected chi connectivity index (χ3v) is 2.65. The van der Waals surface area contributed by atoms with Crippen LogP contribution >= 0.6 is 11.3 Å². The van der Waals surface area contributed by atoms with E-state index in [1.54, 1.807) is 11.6 Å². The van der Waals surface area contributed by atoms with Gasteiger partial charge in [-0.05, 0) is 12.3 Å². The number of urea groups is 1. The molecule has 0 saturated carbocycles. The molecule has 2 amide bonds. The first-order valence-electron chi connectivity index (χ1n) is 5.19. The summed E-state index contributed by atoms with van der Waals surface area (Å²) in [6.07, 6.45) is 1.95. The van der Waals surface area contributed by atoms with Gasteiger partial charge >= 0.3 is 12.0 Å². The van der Waals surface area contributed by atoms with Gasteiger partial charge in [0.25, 0.3) is 0 Å². The molecule has 94 valence electrons. The number of carbonyl (C=O) groups is 2. The first-order chi connectivity index (χ1) is 7.99. The van der Waals surface area contributed by atoms with Crippen LogP contribution in [0.25, 0.3) is 0 Å².